The molecule has 0 bridgehead atoms. The molecule has 1 aliphatic heterocycles. The zero-order valence-electron chi connectivity index (χ0n) is 11.0. The maximum atomic E-state index is 5.62. The van der Waals surface area contributed by atoms with Gasteiger partial charge in [0.1, 0.15) is 0 Å². The van der Waals surface area contributed by atoms with Crippen LogP contribution < -0.4 is 0 Å². The number of aromatic nitrogens is 1. The lowest BCUT2D eigenvalue weighted by Crippen LogP contribution is -2.40. The van der Waals surface area contributed by atoms with Crippen LogP contribution in [0.5, 0.6) is 0 Å². The molecule has 0 aromatic carbocycles. The monoisotopic (exact) mass is 234 g/mol. The van der Waals surface area contributed by atoms with Gasteiger partial charge in [-0.3, -0.25) is 4.90 Å². The molecule has 0 radical (unpaired) electrons. The highest BCUT2D eigenvalue weighted by molar-refractivity contribution is 5.13. The Bertz CT molecular complexity index is 391. The number of hydrogen-bond donors (Lipinski definition) is 0. The normalized spacial score (nSPS) is 21.5. The van der Waals surface area contributed by atoms with Crippen LogP contribution in [0.3, 0.4) is 0 Å². The fourth-order valence-corrected chi connectivity index (χ4v) is 2.25. The average Bonchev–Trinajstić information content (AvgIpc) is 2.73. The third-order valence-electron chi connectivity index (χ3n) is 3.30. The zero-order valence-corrected chi connectivity index (χ0v) is 11.0. The van der Waals surface area contributed by atoms with Crippen molar-refractivity contribution < 1.29 is 4.74 Å². The Balaban J connectivity index is 2.12. The second-order valence-corrected chi connectivity index (χ2v) is 4.91. The predicted molar refractivity (Wildman–Crippen MR) is 70.0 cm³/mol. The number of hydrogen-bond acceptors (Lipinski definition) is 2. The molecule has 0 saturated carbocycles. The van der Waals surface area contributed by atoms with Gasteiger partial charge in [0.15, 0.2) is 0 Å². The fraction of sp³-hybridized carbons (Fsp3) is 0.571. The molecular weight excluding hydrogens is 212 g/mol. The zero-order chi connectivity index (χ0) is 12.3. The Hall–Kier alpha value is -1.06. The van der Waals surface area contributed by atoms with Gasteiger partial charge in [-0.15, -0.1) is 0 Å². The first-order chi connectivity index (χ1) is 8.18. The van der Waals surface area contributed by atoms with Gasteiger partial charge < -0.3 is 9.30 Å². The molecule has 1 aromatic heterocycles. The summed E-state index contributed by atoms with van der Waals surface area (Å²) >= 11 is 0. The molecule has 1 aromatic rings. The van der Waals surface area contributed by atoms with Gasteiger partial charge in [0.2, 0.25) is 0 Å². The van der Waals surface area contributed by atoms with E-state index in [-0.39, 0.29) is 0 Å². The summed E-state index contributed by atoms with van der Waals surface area (Å²) in [6, 6.07) is 4.68. The molecule has 94 valence electrons. The standard InChI is InChI=1S/C14H22N2O/c1-12(2)6-8-16-9-10-17-11-14(16)13-5-4-7-15(13)3/h4-7,14H,8-11H2,1-3H3/t14-/m0/s1. The Morgan fingerprint density at radius 2 is 2.35 bits per heavy atom. The lowest BCUT2D eigenvalue weighted by atomic mass is 10.1. The Kier molecular flexibility index (Phi) is 4.02. The number of morpholine rings is 1. The van der Waals surface area contributed by atoms with E-state index in [1.807, 2.05) is 0 Å². The van der Waals surface area contributed by atoms with Gasteiger partial charge in [-0.05, 0) is 26.0 Å². The van der Waals surface area contributed by atoms with Crippen LogP contribution in [0.15, 0.2) is 30.0 Å². The van der Waals surface area contributed by atoms with Gasteiger partial charge >= 0.3 is 0 Å². The second-order valence-electron chi connectivity index (χ2n) is 4.91. The Morgan fingerprint density at radius 1 is 1.53 bits per heavy atom. The molecule has 0 amide bonds. The van der Waals surface area contributed by atoms with Crippen LogP contribution in [0.2, 0.25) is 0 Å². The van der Waals surface area contributed by atoms with Gasteiger partial charge in [0.25, 0.3) is 0 Å². The summed E-state index contributed by atoms with van der Waals surface area (Å²) in [7, 11) is 2.10. The van der Waals surface area contributed by atoms with Crippen LogP contribution in [0, 0.1) is 0 Å². The third-order valence-corrected chi connectivity index (χ3v) is 3.30. The van der Waals surface area contributed by atoms with E-state index >= 15 is 0 Å². The number of allylic oxidation sites excluding steroid dienone is 1. The van der Waals surface area contributed by atoms with E-state index in [4.69, 9.17) is 4.74 Å². The first-order valence-corrected chi connectivity index (χ1v) is 6.25. The summed E-state index contributed by atoms with van der Waals surface area (Å²) < 4.78 is 7.81. The summed E-state index contributed by atoms with van der Waals surface area (Å²) in [6.07, 6.45) is 4.39. The highest BCUT2D eigenvalue weighted by Crippen LogP contribution is 2.24. The molecule has 3 heteroatoms. The van der Waals surface area contributed by atoms with E-state index in [9.17, 15) is 0 Å². The maximum absolute atomic E-state index is 5.62. The topological polar surface area (TPSA) is 17.4 Å². The lowest BCUT2D eigenvalue weighted by molar-refractivity contribution is -0.00516. The van der Waals surface area contributed by atoms with Crippen LogP contribution in [-0.2, 0) is 11.8 Å². The first-order valence-electron chi connectivity index (χ1n) is 6.25. The minimum absolute atomic E-state index is 0.388. The second kappa shape index (κ2) is 5.52. The third kappa shape index (κ3) is 2.99. The molecule has 2 heterocycles. The quantitative estimate of drug-likeness (QED) is 0.747. The Labute approximate surface area is 104 Å². The van der Waals surface area contributed by atoms with E-state index in [0.29, 0.717) is 6.04 Å². The molecular formula is C14H22N2O. The van der Waals surface area contributed by atoms with E-state index in [1.165, 1.54) is 11.3 Å². The highest BCUT2D eigenvalue weighted by Gasteiger charge is 2.25. The van der Waals surface area contributed by atoms with Crippen LogP contribution in [0.1, 0.15) is 25.6 Å². The van der Waals surface area contributed by atoms with Crippen LogP contribution in [0.25, 0.3) is 0 Å². The van der Waals surface area contributed by atoms with E-state index < -0.39 is 0 Å². The molecule has 0 aliphatic carbocycles. The number of ether oxygens (including phenoxy) is 1. The van der Waals surface area contributed by atoms with E-state index in [2.05, 4.69) is 54.8 Å². The van der Waals surface area contributed by atoms with Gasteiger partial charge in [0, 0.05) is 32.0 Å². The predicted octanol–water partition coefficient (Wildman–Crippen LogP) is 2.36. The van der Waals surface area contributed by atoms with Crippen LogP contribution in [-0.4, -0.2) is 35.8 Å². The van der Waals surface area contributed by atoms with Crippen LogP contribution in [0.4, 0.5) is 0 Å². The van der Waals surface area contributed by atoms with Crippen molar-refractivity contribution in [2.24, 2.45) is 7.05 Å². The summed E-state index contributed by atoms with van der Waals surface area (Å²) in [5.74, 6) is 0. The summed E-state index contributed by atoms with van der Waals surface area (Å²) in [5, 5.41) is 0. The van der Waals surface area contributed by atoms with Crippen molar-refractivity contribution in [3.05, 3.63) is 35.7 Å². The molecule has 0 N–H and O–H groups in total. The van der Waals surface area contributed by atoms with Crippen molar-refractivity contribution in [1.29, 1.82) is 0 Å². The fourth-order valence-electron chi connectivity index (χ4n) is 2.25. The molecule has 1 saturated heterocycles. The molecule has 3 nitrogen and oxygen atoms in total. The summed E-state index contributed by atoms with van der Waals surface area (Å²) in [5.41, 5.74) is 2.72. The van der Waals surface area contributed by atoms with Crippen molar-refractivity contribution in [2.45, 2.75) is 19.9 Å². The molecule has 0 spiro atoms. The molecule has 17 heavy (non-hydrogen) atoms. The van der Waals surface area contributed by atoms with E-state index in [1.54, 1.807) is 0 Å². The number of rotatable bonds is 3. The molecule has 2 rings (SSSR count). The van der Waals surface area contributed by atoms with E-state index in [0.717, 1.165) is 26.3 Å². The maximum Gasteiger partial charge on any atom is 0.0740 e. The van der Waals surface area contributed by atoms with Crippen molar-refractivity contribution >= 4 is 0 Å². The Morgan fingerprint density at radius 3 is 3.00 bits per heavy atom. The summed E-state index contributed by atoms with van der Waals surface area (Å²) in [6.45, 7) is 7.98. The largest absolute Gasteiger partial charge is 0.378 e. The first kappa shape index (κ1) is 12.4. The SMILES string of the molecule is CC(C)=CCN1CCOC[C@H]1c1cccn1C. The average molecular weight is 234 g/mol. The smallest absolute Gasteiger partial charge is 0.0740 e. The molecule has 1 atom stereocenters. The van der Waals surface area contributed by atoms with Gasteiger partial charge in [-0.1, -0.05) is 11.6 Å². The molecule has 0 unspecified atom stereocenters. The number of aryl methyl sites for hydroxylation is 1. The molecule has 1 aliphatic rings. The van der Waals surface area contributed by atoms with Crippen molar-refractivity contribution in [3.8, 4) is 0 Å². The van der Waals surface area contributed by atoms with Crippen molar-refractivity contribution in [2.75, 3.05) is 26.3 Å². The van der Waals surface area contributed by atoms with Gasteiger partial charge in [0.05, 0.1) is 19.3 Å². The summed E-state index contributed by atoms with van der Waals surface area (Å²) in [4.78, 5) is 2.49. The minimum Gasteiger partial charge on any atom is -0.378 e. The molecule has 1 fully saturated rings. The minimum atomic E-state index is 0.388. The van der Waals surface area contributed by atoms with Gasteiger partial charge in [-0.25, -0.2) is 0 Å². The number of nitrogens with zero attached hydrogens (tertiary/aromatic N) is 2. The van der Waals surface area contributed by atoms with Gasteiger partial charge in [-0.2, -0.15) is 0 Å². The van der Waals surface area contributed by atoms with Crippen molar-refractivity contribution in [3.63, 3.8) is 0 Å². The van der Waals surface area contributed by atoms with Crippen molar-refractivity contribution in [1.82, 2.24) is 9.47 Å². The van der Waals surface area contributed by atoms with Crippen LogP contribution >= 0.6 is 0 Å². The lowest BCUT2D eigenvalue weighted by Gasteiger charge is -2.35. The highest BCUT2D eigenvalue weighted by atomic mass is 16.5.